The second-order valence-corrected chi connectivity index (χ2v) is 6.72. The highest BCUT2D eigenvalue weighted by Crippen LogP contribution is 2.23. The smallest absolute Gasteiger partial charge is 0.261 e. The molecule has 1 aliphatic rings. The fourth-order valence-electron chi connectivity index (χ4n) is 3.17. The van der Waals surface area contributed by atoms with Crippen LogP contribution in [0.3, 0.4) is 0 Å². The van der Waals surface area contributed by atoms with E-state index < -0.39 is 36.2 Å². The molecule has 6 heteroatoms. The minimum Gasteiger partial charge on any atom is -0.272 e. The maximum absolute atomic E-state index is 13.0. The van der Waals surface area contributed by atoms with Crippen molar-refractivity contribution >= 4 is 23.6 Å². The standard InChI is InChI=1S/C21H20N2O4/c1-14(2)18-21(27)22(19(25)15-9-5-3-6-10-15)13-17(24)23(18)20(26)16-11-7-4-8-12-16/h3-12,14,18H,13H2,1-2H3/t18-/m1/s1. The molecule has 0 N–H and O–H groups in total. The molecule has 0 unspecified atom stereocenters. The van der Waals surface area contributed by atoms with Gasteiger partial charge in [0.1, 0.15) is 12.6 Å². The van der Waals surface area contributed by atoms with Gasteiger partial charge in [-0.05, 0) is 30.2 Å². The topological polar surface area (TPSA) is 74.8 Å². The Morgan fingerprint density at radius 1 is 0.852 bits per heavy atom. The van der Waals surface area contributed by atoms with Gasteiger partial charge < -0.3 is 0 Å². The average molecular weight is 364 g/mol. The minimum absolute atomic E-state index is 0.323. The van der Waals surface area contributed by atoms with Gasteiger partial charge in [-0.1, -0.05) is 50.2 Å². The number of rotatable bonds is 3. The minimum atomic E-state index is -1.02. The quantitative estimate of drug-likeness (QED) is 0.784. The van der Waals surface area contributed by atoms with Gasteiger partial charge in [0.15, 0.2) is 0 Å². The highest BCUT2D eigenvalue weighted by atomic mass is 16.2. The molecule has 138 valence electrons. The van der Waals surface area contributed by atoms with E-state index in [0.717, 1.165) is 9.80 Å². The largest absolute Gasteiger partial charge is 0.272 e. The number of hydrogen-bond acceptors (Lipinski definition) is 4. The first-order valence-corrected chi connectivity index (χ1v) is 8.74. The summed E-state index contributed by atoms with van der Waals surface area (Å²) in [6.45, 7) is 3.05. The van der Waals surface area contributed by atoms with Crippen LogP contribution in [-0.2, 0) is 9.59 Å². The van der Waals surface area contributed by atoms with Crippen molar-refractivity contribution in [1.29, 1.82) is 0 Å². The molecule has 2 aromatic rings. The number of hydrogen-bond donors (Lipinski definition) is 0. The van der Waals surface area contributed by atoms with E-state index in [1.165, 1.54) is 0 Å². The Morgan fingerprint density at radius 3 is 1.81 bits per heavy atom. The van der Waals surface area contributed by atoms with Crippen molar-refractivity contribution in [3.63, 3.8) is 0 Å². The summed E-state index contributed by atoms with van der Waals surface area (Å²) in [5, 5.41) is 0. The summed E-state index contributed by atoms with van der Waals surface area (Å²) in [4.78, 5) is 53.3. The van der Waals surface area contributed by atoms with Crippen molar-refractivity contribution < 1.29 is 19.2 Å². The van der Waals surface area contributed by atoms with Crippen molar-refractivity contribution in [1.82, 2.24) is 9.80 Å². The van der Waals surface area contributed by atoms with Crippen LogP contribution in [0.1, 0.15) is 34.6 Å². The summed E-state index contributed by atoms with van der Waals surface area (Å²) in [6, 6.07) is 15.6. The summed E-state index contributed by atoms with van der Waals surface area (Å²) in [5.41, 5.74) is 0.649. The monoisotopic (exact) mass is 364 g/mol. The normalized spacial score (nSPS) is 17.4. The first kappa shape index (κ1) is 18.5. The van der Waals surface area contributed by atoms with Crippen LogP contribution in [0.2, 0.25) is 0 Å². The molecule has 0 radical (unpaired) electrons. The van der Waals surface area contributed by atoms with Crippen molar-refractivity contribution in [2.24, 2.45) is 5.92 Å². The van der Waals surface area contributed by atoms with Crippen molar-refractivity contribution in [3.8, 4) is 0 Å². The van der Waals surface area contributed by atoms with Gasteiger partial charge in [-0.2, -0.15) is 0 Å². The van der Waals surface area contributed by atoms with Crippen LogP contribution in [-0.4, -0.2) is 46.0 Å². The Morgan fingerprint density at radius 2 is 1.33 bits per heavy atom. The zero-order valence-corrected chi connectivity index (χ0v) is 15.2. The predicted octanol–water partition coefficient (Wildman–Crippen LogP) is 2.36. The van der Waals surface area contributed by atoms with Gasteiger partial charge in [-0.25, -0.2) is 0 Å². The summed E-state index contributed by atoms with van der Waals surface area (Å²) in [6.07, 6.45) is 0. The highest BCUT2D eigenvalue weighted by molar-refractivity contribution is 6.16. The molecular weight excluding hydrogens is 344 g/mol. The maximum atomic E-state index is 13.0. The van der Waals surface area contributed by atoms with Crippen LogP contribution in [0.25, 0.3) is 0 Å². The number of carbonyl (C=O) groups is 4. The van der Waals surface area contributed by atoms with E-state index in [1.807, 2.05) is 0 Å². The Kier molecular flexibility index (Phi) is 5.16. The Bertz CT molecular complexity index is 878. The lowest BCUT2D eigenvalue weighted by Crippen LogP contribution is -2.64. The molecule has 1 aliphatic heterocycles. The zero-order chi connectivity index (χ0) is 19.6. The molecular formula is C21H20N2O4. The zero-order valence-electron chi connectivity index (χ0n) is 15.2. The van der Waals surface area contributed by atoms with Crippen LogP contribution >= 0.6 is 0 Å². The van der Waals surface area contributed by atoms with Gasteiger partial charge in [-0.3, -0.25) is 29.0 Å². The number of piperazine rings is 1. The molecule has 1 atom stereocenters. The Balaban J connectivity index is 1.94. The molecule has 1 heterocycles. The summed E-state index contributed by atoms with van der Waals surface area (Å²) < 4.78 is 0. The van der Waals surface area contributed by atoms with Crippen LogP contribution in [0.5, 0.6) is 0 Å². The van der Waals surface area contributed by atoms with Gasteiger partial charge in [0.25, 0.3) is 17.7 Å². The van der Waals surface area contributed by atoms with E-state index in [0.29, 0.717) is 11.1 Å². The third-order valence-electron chi connectivity index (χ3n) is 4.50. The lowest BCUT2D eigenvalue weighted by Gasteiger charge is -2.40. The van der Waals surface area contributed by atoms with Crippen LogP contribution in [0.4, 0.5) is 0 Å². The van der Waals surface area contributed by atoms with E-state index in [1.54, 1.807) is 74.5 Å². The molecule has 3 rings (SSSR count). The molecule has 2 aromatic carbocycles. The van der Waals surface area contributed by atoms with Crippen LogP contribution in [0.15, 0.2) is 60.7 Å². The third kappa shape index (κ3) is 3.51. The van der Waals surface area contributed by atoms with Crippen molar-refractivity contribution in [2.75, 3.05) is 6.54 Å². The van der Waals surface area contributed by atoms with E-state index >= 15 is 0 Å². The van der Waals surface area contributed by atoms with Crippen LogP contribution < -0.4 is 0 Å². The lowest BCUT2D eigenvalue weighted by molar-refractivity contribution is -0.152. The first-order chi connectivity index (χ1) is 12.9. The van der Waals surface area contributed by atoms with Gasteiger partial charge in [0, 0.05) is 11.1 Å². The number of nitrogens with zero attached hydrogens (tertiary/aromatic N) is 2. The maximum Gasteiger partial charge on any atom is 0.261 e. The highest BCUT2D eigenvalue weighted by Gasteiger charge is 2.46. The van der Waals surface area contributed by atoms with Gasteiger partial charge >= 0.3 is 0 Å². The molecule has 0 spiro atoms. The average Bonchev–Trinajstić information content (AvgIpc) is 2.69. The van der Waals surface area contributed by atoms with E-state index in [2.05, 4.69) is 0 Å². The molecule has 0 saturated carbocycles. The number of benzene rings is 2. The summed E-state index contributed by atoms with van der Waals surface area (Å²) >= 11 is 0. The van der Waals surface area contributed by atoms with E-state index in [9.17, 15) is 19.2 Å². The molecule has 0 aliphatic carbocycles. The second-order valence-electron chi connectivity index (χ2n) is 6.72. The number of amides is 4. The molecule has 27 heavy (non-hydrogen) atoms. The van der Waals surface area contributed by atoms with Gasteiger partial charge in [0.05, 0.1) is 0 Å². The Hall–Kier alpha value is -3.28. The van der Waals surface area contributed by atoms with E-state index in [-0.39, 0.29) is 5.92 Å². The molecule has 0 aromatic heterocycles. The Labute approximate surface area is 157 Å². The molecule has 4 amide bonds. The predicted molar refractivity (Wildman–Crippen MR) is 98.7 cm³/mol. The van der Waals surface area contributed by atoms with E-state index in [4.69, 9.17) is 0 Å². The molecule has 6 nitrogen and oxygen atoms in total. The molecule has 1 saturated heterocycles. The van der Waals surface area contributed by atoms with Gasteiger partial charge in [-0.15, -0.1) is 0 Å². The first-order valence-electron chi connectivity index (χ1n) is 8.74. The van der Waals surface area contributed by atoms with Crippen molar-refractivity contribution in [2.45, 2.75) is 19.9 Å². The molecule has 1 fully saturated rings. The number of imide groups is 2. The summed E-state index contributed by atoms with van der Waals surface area (Å²) in [5.74, 6) is -2.50. The second kappa shape index (κ2) is 7.53. The molecule has 0 bridgehead atoms. The lowest BCUT2D eigenvalue weighted by atomic mass is 9.96. The fraction of sp³-hybridized carbons (Fsp3) is 0.238. The SMILES string of the molecule is CC(C)[C@@H]1C(=O)N(C(=O)c2ccccc2)CC(=O)N1C(=O)c1ccccc1. The van der Waals surface area contributed by atoms with Crippen LogP contribution in [0, 0.1) is 5.92 Å². The fourth-order valence-corrected chi connectivity index (χ4v) is 3.17. The third-order valence-corrected chi connectivity index (χ3v) is 4.50. The summed E-state index contributed by atoms with van der Waals surface area (Å²) in [7, 11) is 0. The number of carbonyl (C=O) groups excluding carboxylic acids is 4. The van der Waals surface area contributed by atoms with Crippen molar-refractivity contribution in [3.05, 3.63) is 71.8 Å². The van der Waals surface area contributed by atoms with Gasteiger partial charge in [0.2, 0.25) is 5.91 Å².